The van der Waals surface area contributed by atoms with Crippen LogP contribution in [0, 0.1) is 10.1 Å². The van der Waals surface area contributed by atoms with Gasteiger partial charge in [0.15, 0.2) is 0 Å². The first-order valence-corrected chi connectivity index (χ1v) is 5.92. The number of benzene rings is 1. The van der Waals surface area contributed by atoms with Crippen LogP contribution in [0.4, 0.5) is 11.4 Å². The zero-order valence-corrected chi connectivity index (χ0v) is 10.8. The summed E-state index contributed by atoms with van der Waals surface area (Å²) in [6.45, 7) is 0. The van der Waals surface area contributed by atoms with E-state index in [2.05, 4.69) is 5.32 Å². The molecule has 3 N–H and O–H groups in total. The maximum Gasteiger partial charge on any atom is 0.292 e. The second kappa shape index (κ2) is 4.85. The highest BCUT2D eigenvalue weighted by atomic mass is 16.6. The van der Waals surface area contributed by atoms with E-state index in [0.717, 1.165) is 6.42 Å². The molecule has 1 aliphatic carbocycles. The van der Waals surface area contributed by atoms with Gasteiger partial charge < -0.3 is 16.0 Å². The van der Waals surface area contributed by atoms with Gasteiger partial charge in [0.05, 0.1) is 4.92 Å². The topological polar surface area (TPSA) is 102 Å². The minimum Gasteiger partial charge on any atom is -0.375 e. The Balaban J connectivity index is 2.32. The smallest absolute Gasteiger partial charge is 0.292 e. The summed E-state index contributed by atoms with van der Waals surface area (Å²) in [4.78, 5) is 23.8. The molecule has 102 valence electrons. The van der Waals surface area contributed by atoms with E-state index in [1.54, 1.807) is 14.1 Å². The molecule has 2 atom stereocenters. The molecule has 0 heterocycles. The van der Waals surface area contributed by atoms with Crippen molar-refractivity contribution in [2.75, 3.05) is 19.4 Å². The van der Waals surface area contributed by atoms with Crippen molar-refractivity contribution in [3.63, 3.8) is 0 Å². The number of nitrogens with zero attached hydrogens (tertiary/aromatic N) is 2. The lowest BCUT2D eigenvalue weighted by Crippen LogP contribution is -2.22. The second-order valence-corrected chi connectivity index (χ2v) is 4.84. The Labute approximate surface area is 110 Å². The SMILES string of the molecule is CN(C)C(=O)c1ccc([N+](=O)[O-])c(NC2CC2N)c1. The third-order valence-corrected chi connectivity index (χ3v) is 3.03. The first-order valence-electron chi connectivity index (χ1n) is 5.92. The minimum absolute atomic E-state index is 0.0211. The van der Waals surface area contributed by atoms with Crippen molar-refractivity contribution in [1.82, 2.24) is 4.90 Å². The molecule has 0 saturated heterocycles. The van der Waals surface area contributed by atoms with E-state index >= 15 is 0 Å². The number of hydrogen-bond acceptors (Lipinski definition) is 5. The summed E-state index contributed by atoms with van der Waals surface area (Å²) in [5, 5.41) is 14.0. The number of carbonyl (C=O) groups excluding carboxylic acids is 1. The lowest BCUT2D eigenvalue weighted by Gasteiger charge is -2.12. The number of carbonyl (C=O) groups is 1. The first kappa shape index (κ1) is 13.3. The maximum atomic E-state index is 11.8. The average molecular weight is 264 g/mol. The van der Waals surface area contributed by atoms with E-state index in [0.29, 0.717) is 11.3 Å². The van der Waals surface area contributed by atoms with Crippen LogP contribution in [-0.2, 0) is 0 Å². The van der Waals surface area contributed by atoms with E-state index in [1.165, 1.54) is 23.1 Å². The number of nitro groups is 1. The van der Waals surface area contributed by atoms with Crippen molar-refractivity contribution in [3.05, 3.63) is 33.9 Å². The van der Waals surface area contributed by atoms with Crippen LogP contribution in [0.3, 0.4) is 0 Å². The van der Waals surface area contributed by atoms with Gasteiger partial charge in [0.2, 0.25) is 0 Å². The standard InChI is InChI=1S/C12H16N4O3/c1-15(2)12(17)7-3-4-11(16(18)19)10(5-7)14-9-6-8(9)13/h3-5,8-9,14H,6,13H2,1-2H3. The molecule has 2 unspecified atom stereocenters. The molecule has 0 aromatic heterocycles. The third-order valence-electron chi connectivity index (χ3n) is 3.03. The summed E-state index contributed by atoms with van der Waals surface area (Å²) in [7, 11) is 3.27. The number of nitrogens with one attached hydrogen (secondary N) is 1. The number of rotatable bonds is 4. The number of amides is 1. The number of nitro benzene ring substituents is 1. The predicted octanol–water partition coefficient (Wildman–Crippen LogP) is 0.808. The van der Waals surface area contributed by atoms with Crippen LogP contribution in [0.1, 0.15) is 16.8 Å². The summed E-state index contributed by atoms with van der Waals surface area (Å²) in [5.41, 5.74) is 6.38. The summed E-state index contributed by atoms with van der Waals surface area (Å²) in [6, 6.07) is 4.37. The molecule has 1 fully saturated rings. The Bertz CT molecular complexity index is 530. The fraction of sp³-hybridized carbons (Fsp3) is 0.417. The molecule has 0 aliphatic heterocycles. The zero-order valence-electron chi connectivity index (χ0n) is 10.8. The van der Waals surface area contributed by atoms with Crippen LogP contribution >= 0.6 is 0 Å². The molecule has 1 amide bonds. The Morgan fingerprint density at radius 2 is 2.16 bits per heavy atom. The molecular weight excluding hydrogens is 248 g/mol. The average Bonchev–Trinajstić information content (AvgIpc) is 3.03. The van der Waals surface area contributed by atoms with Crippen molar-refractivity contribution in [2.24, 2.45) is 5.73 Å². The fourth-order valence-electron chi connectivity index (χ4n) is 1.78. The Morgan fingerprint density at radius 1 is 1.53 bits per heavy atom. The normalized spacial score (nSPS) is 20.8. The monoisotopic (exact) mass is 264 g/mol. The predicted molar refractivity (Wildman–Crippen MR) is 71.1 cm³/mol. The van der Waals surface area contributed by atoms with Gasteiger partial charge in [0, 0.05) is 37.8 Å². The zero-order chi connectivity index (χ0) is 14.2. The van der Waals surface area contributed by atoms with Crippen molar-refractivity contribution in [2.45, 2.75) is 18.5 Å². The lowest BCUT2D eigenvalue weighted by atomic mass is 10.1. The Kier molecular flexibility index (Phi) is 3.39. The molecule has 1 aliphatic rings. The minimum atomic E-state index is -0.472. The molecule has 1 aromatic rings. The van der Waals surface area contributed by atoms with Gasteiger partial charge in [0.1, 0.15) is 5.69 Å². The maximum absolute atomic E-state index is 11.8. The largest absolute Gasteiger partial charge is 0.375 e. The van der Waals surface area contributed by atoms with Crippen LogP contribution < -0.4 is 11.1 Å². The van der Waals surface area contributed by atoms with Gasteiger partial charge in [-0.3, -0.25) is 14.9 Å². The molecule has 0 spiro atoms. The quantitative estimate of drug-likeness (QED) is 0.619. The van der Waals surface area contributed by atoms with Crippen LogP contribution in [0.2, 0.25) is 0 Å². The molecular formula is C12H16N4O3. The highest BCUT2D eigenvalue weighted by Crippen LogP contribution is 2.31. The summed E-state index contributed by atoms with van der Waals surface area (Å²) >= 11 is 0. The van der Waals surface area contributed by atoms with E-state index in [1.807, 2.05) is 0 Å². The van der Waals surface area contributed by atoms with E-state index in [9.17, 15) is 14.9 Å². The first-order chi connectivity index (χ1) is 8.90. The molecule has 1 aromatic carbocycles. The van der Waals surface area contributed by atoms with Gasteiger partial charge in [0.25, 0.3) is 11.6 Å². The van der Waals surface area contributed by atoms with E-state index < -0.39 is 4.92 Å². The van der Waals surface area contributed by atoms with E-state index in [-0.39, 0.29) is 23.7 Å². The van der Waals surface area contributed by atoms with Gasteiger partial charge in [-0.05, 0) is 18.6 Å². The Morgan fingerprint density at radius 3 is 2.63 bits per heavy atom. The van der Waals surface area contributed by atoms with Crippen LogP contribution in [-0.4, -0.2) is 41.9 Å². The number of anilines is 1. The number of nitrogens with two attached hydrogens (primary N) is 1. The molecule has 7 nitrogen and oxygen atoms in total. The third kappa shape index (κ3) is 2.82. The van der Waals surface area contributed by atoms with E-state index in [4.69, 9.17) is 5.73 Å². The van der Waals surface area contributed by atoms with Crippen LogP contribution in [0.5, 0.6) is 0 Å². The fourth-order valence-corrected chi connectivity index (χ4v) is 1.78. The van der Waals surface area contributed by atoms with Gasteiger partial charge in [-0.2, -0.15) is 0 Å². The van der Waals surface area contributed by atoms with Gasteiger partial charge in [-0.25, -0.2) is 0 Å². The summed E-state index contributed by atoms with van der Waals surface area (Å²) < 4.78 is 0. The number of hydrogen-bond donors (Lipinski definition) is 2. The van der Waals surface area contributed by atoms with Gasteiger partial charge in [-0.1, -0.05) is 0 Å². The lowest BCUT2D eigenvalue weighted by molar-refractivity contribution is -0.384. The van der Waals surface area contributed by atoms with Crippen molar-refractivity contribution >= 4 is 17.3 Å². The molecule has 19 heavy (non-hydrogen) atoms. The van der Waals surface area contributed by atoms with Crippen molar-refractivity contribution in [3.8, 4) is 0 Å². The molecule has 2 rings (SSSR count). The second-order valence-electron chi connectivity index (χ2n) is 4.84. The van der Waals surface area contributed by atoms with Crippen LogP contribution in [0.15, 0.2) is 18.2 Å². The highest BCUT2D eigenvalue weighted by Gasteiger charge is 2.35. The van der Waals surface area contributed by atoms with Crippen LogP contribution in [0.25, 0.3) is 0 Å². The summed E-state index contributed by atoms with van der Waals surface area (Å²) in [6.07, 6.45) is 0.781. The summed E-state index contributed by atoms with van der Waals surface area (Å²) in [5.74, 6) is -0.196. The van der Waals surface area contributed by atoms with Crippen molar-refractivity contribution < 1.29 is 9.72 Å². The molecule has 0 bridgehead atoms. The highest BCUT2D eigenvalue weighted by molar-refractivity contribution is 5.95. The molecule has 1 saturated carbocycles. The molecule has 0 radical (unpaired) electrons. The van der Waals surface area contributed by atoms with Crippen molar-refractivity contribution in [1.29, 1.82) is 0 Å². The van der Waals surface area contributed by atoms with Gasteiger partial charge in [-0.15, -0.1) is 0 Å². The van der Waals surface area contributed by atoms with Gasteiger partial charge >= 0.3 is 0 Å². The Hall–Kier alpha value is -2.15. The molecule has 7 heteroatoms.